The number of Topliss-reactive ketones (excluding diaryl/α,β-unsaturated/α-hetero) is 1. The Morgan fingerprint density at radius 2 is 1.93 bits per heavy atom. The minimum absolute atomic E-state index is 0.437. The third-order valence-electron chi connectivity index (χ3n) is 6.07. The van der Waals surface area contributed by atoms with Gasteiger partial charge in [0.2, 0.25) is 0 Å². The Morgan fingerprint density at radius 1 is 1.15 bits per heavy atom. The number of carbonyl (C=O) groups is 1. The molecule has 2 aromatic heterocycles. The normalized spacial score (nSPS) is 24.2. The number of likely N-dealkylation sites (tertiary alicyclic amines) is 1. The molecular formula is C22H30N4O. The number of hydrogen-bond donors (Lipinski definition) is 0. The number of carbonyl (C=O) groups excluding carboxylic acids is 1. The fraction of sp³-hybridized carbons (Fsp3) is 0.591. The Bertz CT molecular complexity index is 830. The molecule has 0 aromatic carbocycles. The number of fused-ring (bicyclic) bond motifs is 1. The fourth-order valence-electron chi connectivity index (χ4n) is 4.95. The first-order valence-corrected chi connectivity index (χ1v) is 10.1. The molecule has 0 spiro atoms. The number of anilines is 1. The molecule has 5 heteroatoms. The molecule has 5 nitrogen and oxygen atoms in total. The molecule has 0 saturated carbocycles. The van der Waals surface area contributed by atoms with E-state index < -0.39 is 0 Å². The monoisotopic (exact) mass is 366 g/mol. The molecule has 0 radical (unpaired) electrons. The van der Waals surface area contributed by atoms with Gasteiger partial charge in [-0.1, -0.05) is 6.92 Å². The van der Waals surface area contributed by atoms with Crippen LogP contribution in [-0.2, 0) is 4.79 Å². The average molecular weight is 367 g/mol. The molecule has 0 bridgehead atoms. The lowest BCUT2D eigenvalue weighted by Gasteiger charge is -2.39. The summed E-state index contributed by atoms with van der Waals surface area (Å²) in [5.41, 5.74) is 3.11. The van der Waals surface area contributed by atoms with Crippen LogP contribution in [0.25, 0.3) is 10.9 Å². The minimum Gasteiger partial charge on any atom is -0.369 e. The van der Waals surface area contributed by atoms with Gasteiger partial charge in [-0.25, -0.2) is 0 Å². The van der Waals surface area contributed by atoms with Gasteiger partial charge in [-0.05, 0) is 50.3 Å². The van der Waals surface area contributed by atoms with Gasteiger partial charge in [-0.15, -0.1) is 0 Å². The molecule has 27 heavy (non-hydrogen) atoms. The van der Waals surface area contributed by atoms with Crippen molar-refractivity contribution in [3.05, 3.63) is 30.2 Å². The Hall–Kier alpha value is -2.01. The van der Waals surface area contributed by atoms with Gasteiger partial charge in [-0.3, -0.25) is 14.8 Å². The summed E-state index contributed by atoms with van der Waals surface area (Å²) in [4.78, 5) is 26.4. The van der Waals surface area contributed by atoms with Gasteiger partial charge >= 0.3 is 0 Å². The summed E-state index contributed by atoms with van der Waals surface area (Å²) in [6.45, 7) is 8.42. The van der Waals surface area contributed by atoms with Crippen molar-refractivity contribution in [2.24, 2.45) is 17.8 Å². The van der Waals surface area contributed by atoms with Crippen LogP contribution in [0.1, 0.15) is 31.9 Å². The van der Waals surface area contributed by atoms with E-state index >= 15 is 0 Å². The van der Waals surface area contributed by atoms with Crippen LogP contribution < -0.4 is 4.90 Å². The van der Waals surface area contributed by atoms with Crippen LogP contribution in [0.5, 0.6) is 0 Å². The molecule has 0 N–H and O–H groups in total. The molecule has 0 amide bonds. The highest BCUT2D eigenvalue weighted by atomic mass is 16.1. The van der Waals surface area contributed by atoms with E-state index in [1.807, 2.05) is 25.4 Å². The summed E-state index contributed by atoms with van der Waals surface area (Å²) in [7, 11) is 2.12. The Labute approximate surface area is 161 Å². The number of pyridine rings is 2. The number of aryl methyl sites for hydroxylation is 1. The first-order chi connectivity index (χ1) is 13.0. The molecule has 2 aromatic rings. The van der Waals surface area contributed by atoms with Crippen molar-refractivity contribution in [3.8, 4) is 0 Å². The zero-order valence-electron chi connectivity index (χ0n) is 16.7. The number of ketones is 1. The van der Waals surface area contributed by atoms with Gasteiger partial charge < -0.3 is 9.80 Å². The van der Waals surface area contributed by atoms with Crippen LogP contribution in [0, 0.1) is 24.7 Å². The fourth-order valence-corrected chi connectivity index (χ4v) is 4.95. The Kier molecular flexibility index (Phi) is 5.13. The molecule has 0 aliphatic carbocycles. The second-order valence-corrected chi connectivity index (χ2v) is 8.77. The lowest BCUT2D eigenvalue weighted by Crippen LogP contribution is -2.45. The molecule has 4 heterocycles. The van der Waals surface area contributed by atoms with Crippen LogP contribution in [0.2, 0.25) is 0 Å². The quantitative estimate of drug-likeness (QED) is 0.812. The maximum absolute atomic E-state index is 12.6. The molecule has 144 valence electrons. The van der Waals surface area contributed by atoms with Gasteiger partial charge in [0.05, 0.1) is 23.1 Å². The number of piperidine rings is 1. The molecular weight excluding hydrogens is 336 g/mol. The van der Waals surface area contributed by atoms with E-state index in [9.17, 15) is 4.79 Å². The van der Waals surface area contributed by atoms with E-state index in [4.69, 9.17) is 0 Å². The Morgan fingerprint density at radius 3 is 2.70 bits per heavy atom. The van der Waals surface area contributed by atoms with E-state index in [0.29, 0.717) is 23.5 Å². The molecule has 2 aliphatic heterocycles. The molecule has 0 unspecified atom stereocenters. The van der Waals surface area contributed by atoms with Gasteiger partial charge in [0, 0.05) is 50.6 Å². The number of rotatable bonds is 5. The first-order valence-electron chi connectivity index (χ1n) is 10.1. The summed E-state index contributed by atoms with van der Waals surface area (Å²) >= 11 is 0. The van der Waals surface area contributed by atoms with Crippen molar-refractivity contribution in [1.82, 2.24) is 14.9 Å². The van der Waals surface area contributed by atoms with Crippen LogP contribution >= 0.6 is 0 Å². The predicted molar refractivity (Wildman–Crippen MR) is 109 cm³/mol. The number of nitrogens with zero attached hydrogens (tertiary/aromatic N) is 4. The third kappa shape index (κ3) is 3.98. The van der Waals surface area contributed by atoms with Gasteiger partial charge in [0.25, 0.3) is 0 Å². The minimum atomic E-state index is 0.437. The lowest BCUT2D eigenvalue weighted by molar-refractivity contribution is -0.122. The van der Waals surface area contributed by atoms with Gasteiger partial charge in [0.1, 0.15) is 5.78 Å². The molecule has 2 atom stereocenters. The third-order valence-corrected chi connectivity index (χ3v) is 6.07. The smallest absolute Gasteiger partial charge is 0.133 e. The van der Waals surface area contributed by atoms with Crippen LogP contribution in [0.3, 0.4) is 0 Å². The van der Waals surface area contributed by atoms with E-state index in [1.165, 1.54) is 5.39 Å². The SMILES string of the molecule is Cc1ncc(N2C[C@@H](C)C[C@@H](CC(=O)CC3CN(C)C3)C2)c2cccnc12. The predicted octanol–water partition coefficient (Wildman–Crippen LogP) is 3.31. The molecule has 2 fully saturated rings. The molecule has 4 rings (SSSR count). The first kappa shape index (κ1) is 18.4. The zero-order valence-corrected chi connectivity index (χ0v) is 16.7. The standard InChI is InChI=1S/C22H30N4O/c1-15-7-17(8-19(27)9-18-12-25(3)13-18)14-26(11-15)21-10-24-16(2)22-20(21)5-4-6-23-22/h4-6,10,15,17-18H,7-9,11-14H2,1-3H3/t15-,17-/m0/s1. The van der Waals surface area contributed by atoms with Crippen molar-refractivity contribution in [1.29, 1.82) is 0 Å². The van der Waals surface area contributed by atoms with Crippen molar-refractivity contribution in [3.63, 3.8) is 0 Å². The highest BCUT2D eigenvalue weighted by molar-refractivity contribution is 5.92. The highest BCUT2D eigenvalue weighted by Crippen LogP contribution is 2.33. The summed E-state index contributed by atoms with van der Waals surface area (Å²) < 4.78 is 0. The highest BCUT2D eigenvalue weighted by Gasteiger charge is 2.30. The van der Waals surface area contributed by atoms with Crippen molar-refractivity contribution in [2.75, 3.05) is 38.1 Å². The second-order valence-electron chi connectivity index (χ2n) is 8.77. The molecule has 2 aliphatic rings. The maximum Gasteiger partial charge on any atom is 0.133 e. The Balaban J connectivity index is 1.48. The van der Waals surface area contributed by atoms with E-state index in [1.54, 1.807) is 0 Å². The van der Waals surface area contributed by atoms with Crippen LogP contribution in [-0.4, -0.2) is 53.9 Å². The van der Waals surface area contributed by atoms with Crippen LogP contribution in [0.15, 0.2) is 24.5 Å². The van der Waals surface area contributed by atoms with Crippen LogP contribution in [0.4, 0.5) is 5.69 Å². The number of hydrogen-bond acceptors (Lipinski definition) is 5. The van der Waals surface area contributed by atoms with E-state index in [0.717, 1.165) is 62.3 Å². The number of aromatic nitrogens is 2. The molecule has 2 saturated heterocycles. The van der Waals surface area contributed by atoms with Crippen molar-refractivity contribution < 1.29 is 4.79 Å². The van der Waals surface area contributed by atoms with Crippen molar-refractivity contribution >= 4 is 22.4 Å². The second kappa shape index (κ2) is 7.55. The maximum atomic E-state index is 12.6. The summed E-state index contributed by atoms with van der Waals surface area (Å²) in [6, 6.07) is 4.13. The largest absolute Gasteiger partial charge is 0.369 e. The summed E-state index contributed by atoms with van der Waals surface area (Å²) in [6.07, 6.45) is 6.44. The van der Waals surface area contributed by atoms with Crippen molar-refractivity contribution in [2.45, 2.75) is 33.1 Å². The lowest BCUT2D eigenvalue weighted by atomic mass is 9.84. The summed E-state index contributed by atoms with van der Waals surface area (Å²) in [5.74, 6) is 2.04. The topological polar surface area (TPSA) is 49.3 Å². The van der Waals surface area contributed by atoms with Gasteiger partial charge in [-0.2, -0.15) is 0 Å². The van der Waals surface area contributed by atoms with E-state index in [-0.39, 0.29) is 0 Å². The summed E-state index contributed by atoms with van der Waals surface area (Å²) in [5, 5.41) is 1.17. The average Bonchev–Trinajstić information content (AvgIpc) is 2.60. The zero-order chi connectivity index (χ0) is 19.0. The van der Waals surface area contributed by atoms with E-state index in [2.05, 4.69) is 39.8 Å². The van der Waals surface area contributed by atoms with Gasteiger partial charge in [0.15, 0.2) is 0 Å².